The van der Waals surface area contributed by atoms with E-state index in [1.165, 1.54) is 0 Å². The Morgan fingerprint density at radius 1 is 1.36 bits per heavy atom. The quantitative estimate of drug-likeness (QED) is 0.650. The van der Waals surface area contributed by atoms with E-state index in [0.29, 0.717) is 19.4 Å². The lowest BCUT2D eigenvalue weighted by molar-refractivity contribution is -0.139. The molecule has 1 heterocycles. The number of hydrogen-bond donors (Lipinski definition) is 2. The molecule has 10 heteroatoms. The van der Waals surface area contributed by atoms with E-state index in [0.717, 1.165) is 0 Å². The van der Waals surface area contributed by atoms with Gasteiger partial charge in [-0.15, -0.1) is 0 Å². The molecule has 1 fully saturated rings. The summed E-state index contributed by atoms with van der Waals surface area (Å²) in [6.45, 7) is 0.417. The monoisotopic (exact) mass is 343 g/mol. The summed E-state index contributed by atoms with van der Waals surface area (Å²) in [4.78, 5) is 0. The second-order valence-electron chi connectivity index (χ2n) is 4.87. The molecule has 5 nitrogen and oxygen atoms in total. The average Bonchev–Trinajstić information content (AvgIpc) is 2.82. The van der Waals surface area contributed by atoms with Gasteiger partial charge in [0, 0.05) is 12.7 Å². The number of phenols is 1. The molecule has 0 bridgehead atoms. The smallest absolute Gasteiger partial charge is 0.419 e. The number of halogens is 4. The van der Waals surface area contributed by atoms with Gasteiger partial charge >= 0.3 is 6.18 Å². The van der Waals surface area contributed by atoms with Gasteiger partial charge in [0.2, 0.25) is 10.0 Å². The van der Waals surface area contributed by atoms with E-state index in [1.807, 2.05) is 4.72 Å². The van der Waals surface area contributed by atoms with Gasteiger partial charge in [0.05, 0.1) is 23.1 Å². The Labute approximate surface area is 123 Å². The lowest BCUT2D eigenvalue weighted by Crippen LogP contribution is -2.26. The minimum absolute atomic E-state index is 0.215. The second-order valence-corrected chi connectivity index (χ2v) is 6.63. The van der Waals surface area contributed by atoms with Crippen LogP contribution >= 0.6 is 0 Å². The van der Waals surface area contributed by atoms with Crippen molar-refractivity contribution in [1.82, 2.24) is 0 Å². The van der Waals surface area contributed by atoms with E-state index in [1.54, 1.807) is 0 Å². The summed E-state index contributed by atoms with van der Waals surface area (Å²) in [6.07, 6.45) is -4.35. The van der Waals surface area contributed by atoms with Gasteiger partial charge in [0.1, 0.15) is 11.6 Å². The van der Waals surface area contributed by atoms with E-state index in [9.17, 15) is 31.1 Å². The maximum Gasteiger partial charge on any atom is 0.419 e. The van der Waals surface area contributed by atoms with Crippen LogP contribution in [-0.4, -0.2) is 32.0 Å². The SMILES string of the molecule is O=S(=O)(CC1CCCO1)Nc1cc(C(F)(F)F)c(F)cc1O. The third-order valence-corrected chi connectivity index (χ3v) is 4.43. The van der Waals surface area contributed by atoms with E-state index >= 15 is 0 Å². The molecule has 1 aliphatic heterocycles. The number of benzene rings is 1. The van der Waals surface area contributed by atoms with Crippen molar-refractivity contribution in [2.45, 2.75) is 25.1 Å². The van der Waals surface area contributed by atoms with Crippen LogP contribution in [0, 0.1) is 5.82 Å². The topological polar surface area (TPSA) is 75.6 Å². The number of aromatic hydroxyl groups is 1. The Kier molecular flexibility index (Phi) is 4.52. The predicted octanol–water partition coefficient (Wildman–Crippen LogP) is 2.47. The van der Waals surface area contributed by atoms with Crippen LogP contribution in [-0.2, 0) is 20.9 Å². The summed E-state index contributed by atoms with van der Waals surface area (Å²) in [5.41, 5.74) is -2.40. The van der Waals surface area contributed by atoms with Crippen molar-refractivity contribution < 1.29 is 35.8 Å². The summed E-state index contributed by atoms with van der Waals surface area (Å²) in [6, 6.07) is 0.435. The number of ether oxygens (including phenoxy) is 1. The van der Waals surface area contributed by atoms with Crippen LogP contribution in [0.15, 0.2) is 12.1 Å². The Hall–Kier alpha value is -1.55. The van der Waals surface area contributed by atoms with Crippen LogP contribution < -0.4 is 4.72 Å². The van der Waals surface area contributed by atoms with Gasteiger partial charge in [-0.1, -0.05) is 0 Å². The molecule has 0 radical (unpaired) electrons. The molecule has 1 aromatic carbocycles. The highest BCUT2D eigenvalue weighted by Gasteiger charge is 2.35. The van der Waals surface area contributed by atoms with Crippen LogP contribution in [0.4, 0.5) is 23.2 Å². The molecule has 0 amide bonds. The van der Waals surface area contributed by atoms with Gasteiger partial charge in [0.15, 0.2) is 0 Å². The maximum absolute atomic E-state index is 13.2. The number of sulfonamides is 1. The number of anilines is 1. The first-order chi connectivity index (χ1) is 10.1. The molecular formula is C12H13F4NO4S. The number of rotatable bonds is 4. The summed E-state index contributed by atoms with van der Waals surface area (Å²) in [5.74, 6) is -3.07. The molecule has 1 unspecified atom stereocenters. The largest absolute Gasteiger partial charge is 0.506 e. The summed E-state index contributed by atoms with van der Waals surface area (Å²) in [5, 5.41) is 9.44. The van der Waals surface area contributed by atoms with Gasteiger partial charge in [0.25, 0.3) is 0 Å². The molecule has 2 N–H and O–H groups in total. The van der Waals surface area contributed by atoms with E-state index < -0.39 is 50.9 Å². The molecule has 1 aliphatic rings. The van der Waals surface area contributed by atoms with Crippen molar-refractivity contribution in [3.63, 3.8) is 0 Å². The molecule has 2 rings (SSSR count). The third-order valence-electron chi connectivity index (χ3n) is 3.09. The fourth-order valence-corrected chi connectivity index (χ4v) is 3.43. The van der Waals surface area contributed by atoms with Crippen molar-refractivity contribution in [2.24, 2.45) is 0 Å². The normalized spacial score (nSPS) is 19.4. The minimum atomic E-state index is -5.01. The number of alkyl halides is 3. The fourth-order valence-electron chi connectivity index (χ4n) is 2.09. The van der Waals surface area contributed by atoms with Crippen LogP contribution in [0.25, 0.3) is 0 Å². The molecule has 22 heavy (non-hydrogen) atoms. The third kappa shape index (κ3) is 4.01. The first-order valence-corrected chi connectivity index (χ1v) is 7.95. The highest BCUT2D eigenvalue weighted by Crippen LogP contribution is 2.37. The Morgan fingerprint density at radius 3 is 2.59 bits per heavy atom. The molecule has 1 aromatic rings. The van der Waals surface area contributed by atoms with Gasteiger partial charge in [-0.3, -0.25) is 4.72 Å². The van der Waals surface area contributed by atoms with Crippen LogP contribution in [0.5, 0.6) is 5.75 Å². The van der Waals surface area contributed by atoms with E-state index in [4.69, 9.17) is 4.74 Å². The number of hydrogen-bond acceptors (Lipinski definition) is 4. The fraction of sp³-hybridized carbons (Fsp3) is 0.500. The van der Waals surface area contributed by atoms with Crippen molar-refractivity contribution in [2.75, 3.05) is 17.1 Å². The Balaban J connectivity index is 2.24. The lowest BCUT2D eigenvalue weighted by Gasteiger charge is -2.15. The molecule has 1 saturated heterocycles. The first-order valence-electron chi connectivity index (χ1n) is 6.30. The standard InChI is InChI=1S/C12H13F4NO4S/c13-9-5-11(18)10(4-8(9)12(14,15)16)17-22(19,20)6-7-2-1-3-21-7/h4-5,7,17-18H,1-3,6H2. The molecule has 0 saturated carbocycles. The average molecular weight is 343 g/mol. The van der Waals surface area contributed by atoms with Crippen LogP contribution in [0.1, 0.15) is 18.4 Å². The summed E-state index contributed by atoms with van der Waals surface area (Å²) >= 11 is 0. The van der Waals surface area contributed by atoms with Crippen LogP contribution in [0.2, 0.25) is 0 Å². The zero-order valence-corrected chi connectivity index (χ0v) is 12.0. The molecular weight excluding hydrogens is 330 g/mol. The molecule has 124 valence electrons. The zero-order chi connectivity index (χ0) is 16.5. The van der Waals surface area contributed by atoms with Gasteiger partial charge in [-0.05, 0) is 18.9 Å². The maximum atomic E-state index is 13.2. The Bertz CT molecular complexity index is 654. The molecule has 0 aromatic heterocycles. The van der Waals surface area contributed by atoms with Crippen molar-refractivity contribution in [1.29, 1.82) is 0 Å². The van der Waals surface area contributed by atoms with Crippen LogP contribution in [0.3, 0.4) is 0 Å². The van der Waals surface area contributed by atoms with Gasteiger partial charge < -0.3 is 9.84 Å². The van der Waals surface area contributed by atoms with Crippen molar-refractivity contribution in [3.8, 4) is 5.75 Å². The minimum Gasteiger partial charge on any atom is -0.506 e. The summed E-state index contributed by atoms with van der Waals surface area (Å²) in [7, 11) is -4.04. The number of nitrogens with one attached hydrogen (secondary N) is 1. The number of phenolic OH excluding ortho intramolecular Hbond substituents is 1. The van der Waals surface area contributed by atoms with Gasteiger partial charge in [-0.25, -0.2) is 12.8 Å². The lowest BCUT2D eigenvalue weighted by atomic mass is 10.1. The highest BCUT2D eigenvalue weighted by molar-refractivity contribution is 7.92. The second kappa shape index (κ2) is 5.92. The van der Waals surface area contributed by atoms with E-state index in [-0.39, 0.29) is 12.1 Å². The first kappa shape index (κ1) is 16.8. The van der Waals surface area contributed by atoms with Gasteiger partial charge in [-0.2, -0.15) is 13.2 Å². The van der Waals surface area contributed by atoms with Crippen molar-refractivity contribution >= 4 is 15.7 Å². The van der Waals surface area contributed by atoms with Crippen molar-refractivity contribution in [3.05, 3.63) is 23.5 Å². The van der Waals surface area contributed by atoms with E-state index in [2.05, 4.69) is 0 Å². The molecule has 1 atom stereocenters. The molecule has 0 aliphatic carbocycles. The molecule has 0 spiro atoms. The highest BCUT2D eigenvalue weighted by atomic mass is 32.2. The summed E-state index contributed by atoms with van der Waals surface area (Å²) < 4.78 is 81.7. The predicted molar refractivity (Wildman–Crippen MR) is 69.5 cm³/mol. The zero-order valence-electron chi connectivity index (χ0n) is 11.2. The Morgan fingerprint density at radius 2 is 2.05 bits per heavy atom.